The van der Waals surface area contributed by atoms with Gasteiger partial charge in [0.1, 0.15) is 0 Å². The maximum atomic E-state index is 12.1. The van der Waals surface area contributed by atoms with Gasteiger partial charge in [-0.2, -0.15) is 0 Å². The van der Waals surface area contributed by atoms with Crippen molar-refractivity contribution in [2.45, 2.75) is 33.6 Å². The summed E-state index contributed by atoms with van der Waals surface area (Å²) in [5, 5.41) is 5.70. The number of aliphatic imine (C=N–C) groups is 1. The fourth-order valence-corrected chi connectivity index (χ4v) is 1.89. The van der Waals surface area contributed by atoms with E-state index in [0.29, 0.717) is 12.5 Å². The number of anilines is 1. The zero-order valence-corrected chi connectivity index (χ0v) is 13.7. The molecule has 0 aromatic heterocycles. The molecule has 5 nitrogen and oxygen atoms in total. The first-order chi connectivity index (χ1) is 9.95. The standard InChI is InChI=1S/C16H26N4O/c1-6-7-11-17-15(20(4)5)19-16(21)18-14-12(2)9-8-10-13(14)3/h8-10H,6-7,11H2,1-5H3,(H2,17,18,19,21). The normalized spacial score (nSPS) is 11.2. The zero-order chi connectivity index (χ0) is 15.8. The summed E-state index contributed by atoms with van der Waals surface area (Å²) in [7, 11) is 3.73. The van der Waals surface area contributed by atoms with Gasteiger partial charge in [-0.1, -0.05) is 31.5 Å². The minimum absolute atomic E-state index is 0.267. The van der Waals surface area contributed by atoms with Crippen molar-refractivity contribution in [2.24, 2.45) is 4.99 Å². The Hall–Kier alpha value is -2.04. The van der Waals surface area contributed by atoms with Crippen molar-refractivity contribution in [2.75, 3.05) is 26.0 Å². The Morgan fingerprint density at radius 1 is 1.24 bits per heavy atom. The molecule has 0 saturated heterocycles. The predicted octanol–water partition coefficient (Wildman–Crippen LogP) is 3.14. The molecule has 2 N–H and O–H groups in total. The number of guanidine groups is 1. The second-order valence-corrected chi connectivity index (χ2v) is 5.30. The van der Waals surface area contributed by atoms with Gasteiger partial charge in [0.2, 0.25) is 5.96 Å². The van der Waals surface area contributed by atoms with Gasteiger partial charge in [0.15, 0.2) is 0 Å². The van der Waals surface area contributed by atoms with Crippen LogP contribution in [0.15, 0.2) is 23.2 Å². The number of carbonyl (C=O) groups excluding carboxylic acids is 1. The van der Waals surface area contributed by atoms with E-state index < -0.39 is 0 Å². The third-order valence-electron chi connectivity index (χ3n) is 3.14. The molecular formula is C16H26N4O. The summed E-state index contributed by atoms with van der Waals surface area (Å²) < 4.78 is 0. The first kappa shape index (κ1) is 17.0. The van der Waals surface area contributed by atoms with Gasteiger partial charge >= 0.3 is 6.03 Å². The Labute approximate surface area is 127 Å². The molecule has 1 aromatic carbocycles. The summed E-state index contributed by atoms with van der Waals surface area (Å²) >= 11 is 0. The summed E-state index contributed by atoms with van der Waals surface area (Å²) in [6.45, 7) is 6.79. The molecule has 0 saturated carbocycles. The molecule has 0 fully saturated rings. The van der Waals surface area contributed by atoms with Crippen LogP contribution < -0.4 is 10.6 Å². The van der Waals surface area contributed by atoms with E-state index in [1.54, 1.807) is 4.90 Å². The Bertz CT molecular complexity index is 489. The minimum Gasteiger partial charge on any atom is -0.349 e. The van der Waals surface area contributed by atoms with Gasteiger partial charge in [0.25, 0.3) is 0 Å². The second-order valence-electron chi connectivity index (χ2n) is 5.30. The molecule has 1 rings (SSSR count). The van der Waals surface area contributed by atoms with Crippen LogP contribution in [0.2, 0.25) is 0 Å². The van der Waals surface area contributed by atoms with E-state index in [1.165, 1.54) is 0 Å². The molecule has 0 spiro atoms. The van der Waals surface area contributed by atoms with Gasteiger partial charge in [-0.3, -0.25) is 10.3 Å². The Kier molecular flexibility index (Phi) is 6.72. The number of hydrogen-bond donors (Lipinski definition) is 2. The number of nitrogens with zero attached hydrogens (tertiary/aromatic N) is 2. The van der Waals surface area contributed by atoms with E-state index in [4.69, 9.17) is 0 Å². The van der Waals surface area contributed by atoms with E-state index in [1.807, 2.05) is 46.1 Å². The molecule has 0 aliphatic heterocycles. The van der Waals surface area contributed by atoms with Crippen LogP contribution >= 0.6 is 0 Å². The fourth-order valence-electron chi connectivity index (χ4n) is 1.89. The third-order valence-corrected chi connectivity index (χ3v) is 3.14. The van der Waals surface area contributed by atoms with Crippen LogP contribution in [0.25, 0.3) is 0 Å². The van der Waals surface area contributed by atoms with Crippen LogP contribution in [0, 0.1) is 13.8 Å². The van der Waals surface area contributed by atoms with E-state index >= 15 is 0 Å². The molecule has 0 aliphatic carbocycles. The minimum atomic E-state index is -0.267. The van der Waals surface area contributed by atoms with Crippen molar-refractivity contribution in [3.8, 4) is 0 Å². The van der Waals surface area contributed by atoms with Gasteiger partial charge in [0.05, 0.1) is 0 Å². The molecule has 1 aromatic rings. The summed E-state index contributed by atoms with van der Waals surface area (Å²) in [5.74, 6) is 0.576. The average Bonchev–Trinajstić information content (AvgIpc) is 2.42. The lowest BCUT2D eigenvalue weighted by molar-refractivity contribution is 0.255. The zero-order valence-electron chi connectivity index (χ0n) is 13.7. The van der Waals surface area contributed by atoms with Crippen molar-refractivity contribution < 1.29 is 4.79 Å². The second kappa shape index (κ2) is 8.29. The molecule has 21 heavy (non-hydrogen) atoms. The number of nitrogens with one attached hydrogen (secondary N) is 2. The monoisotopic (exact) mass is 290 g/mol. The van der Waals surface area contributed by atoms with Crippen LogP contribution in [-0.4, -0.2) is 37.5 Å². The molecule has 5 heteroatoms. The highest BCUT2D eigenvalue weighted by molar-refractivity contribution is 6.02. The van der Waals surface area contributed by atoms with Crippen molar-refractivity contribution in [1.82, 2.24) is 10.2 Å². The number of para-hydroxylation sites is 1. The Morgan fingerprint density at radius 2 is 1.86 bits per heavy atom. The van der Waals surface area contributed by atoms with E-state index in [0.717, 1.165) is 29.7 Å². The molecule has 0 bridgehead atoms. The number of amides is 2. The molecule has 0 unspecified atom stereocenters. The van der Waals surface area contributed by atoms with Crippen LogP contribution in [0.4, 0.5) is 10.5 Å². The summed E-state index contributed by atoms with van der Waals surface area (Å²) in [6.07, 6.45) is 2.09. The molecule has 2 amide bonds. The lowest BCUT2D eigenvalue weighted by Gasteiger charge is -2.18. The summed E-state index contributed by atoms with van der Waals surface area (Å²) in [4.78, 5) is 18.4. The maximum Gasteiger partial charge on any atom is 0.326 e. The van der Waals surface area contributed by atoms with Crippen LogP contribution in [0.3, 0.4) is 0 Å². The largest absolute Gasteiger partial charge is 0.349 e. The number of unbranched alkanes of at least 4 members (excludes halogenated alkanes) is 1. The van der Waals surface area contributed by atoms with Gasteiger partial charge < -0.3 is 10.2 Å². The number of aryl methyl sites for hydroxylation is 2. The molecule has 0 aliphatic rings. The highest BCUT2D eigenvalue weighted by Crippen LogP contribution is 2.18. The molecule has 0 atom stereocenters. The van der Waals surface area contributed by atoms with Crippen LogP contribution in [0.5, 0.6) is 0 Å². The SMILES string of the molecule is CCCCN=C(NC(=O)Nc1c(C)cccc1C)N(C)C. The summed E-state index contributed by atoms with van der Waals surface area (Å²) in [5.41, 5.74) is 2.93. The van der Waals surface area contributed by atoms with Crippen molar-refractivity contribution in [3.05, 3.63) is 29.3 Å². The highest BCUT2D eigenvalue weighted by atomic mass is 16.2. The third kappa shape index (κ3) is 5.45. The average molecular weight is 290 g/mol. The van der Waals surface area contributed by atoms with Crippen molar-refractivity contribution in [3.63, 3.8) is 0 Å². The lowest BCUT2D eigenvalue weighted by atomic mass is 10.1. The predicted molar refractivity (Wildman–Crippen MR) is 89.0 cm³/mol. The smallest absolute Gasteiger partial charge is 0.326 e. The lowest BCUT2D eigenvalue weighted by Crippen LogP contribution is -2.42. The molecular weight excluding hydrogens is 264 g/mol. The Balaban J connectivity index is 2.72. The summed E-state index contributed by atoms with van der Waals surface area (Å²) in [6, 6.07) is 5.66. The van der Waals surface area contributed by atoms with Crippen molar-refractivity contribution in [1.29, 1.82) is 0 Å². The van der Waals surface area contributed by atoms with E-state index in [2.05, 4.69) is 22.5 Å². The number of urea groups is 1. The van der Waals surface area contributed by atoms with Gasteiger partial charge in [-0.05, 0) is 31.4 Å². The topological polar surface area (TPSA) is 56.7 Å². The van der Waals surface area contributed by atoms with Gasteiger partial charge in [-0.15, -0.1) is 0 Å². The first-order valence-electron chi connectivity index (χ1n) is 7.31. The first-order valence-corrected chi connectivity index (χ1v) is 7.31. The van der Waals surface area contributed by atoms with Crippen LogP contribution in [0.1, 0.15) is 30.9 Å². The number of carbonyl (C=O) groups is 1. The molecule has 116 valence electrons. The van der Waals surface area contributed by atoms with Gasteiger partial charge in [0, 0.05) is 26.3 Å². The quantitative estimate of drug-likeness (QED) is 0.508. The van der Waals surface area contributed by atoms with Crippen LogP contribution in [-0.2, 0) is 0 Å². The van der Waals surface area contributed by atoms with Gasteiger partial charge in [-0.25, -0.2) is 4.79 Å². The molecule has 0 radical (unpaired) electrons. The Morgan fingerprint density at radius 3 is 2.38 bits per heavy atom. The molecule has 0 heterocycles. The highest BCUT2D eigenvalue weighted by Gasteiger charge is 2.10. The van der Waals surface area contributed by atoms with Crippen molar-refractivity contribution >= 4 is 17.7 Å². The fraction of sp³-hybridized carbons (Fsp3) is 0.500. The number of benzene rings is 1. The maximum absolute atomic E-state index is 12.1. The van der Waals surface area contributed by atoms with E-state index in [-0.39, 0.29) is 6.03 Å². The number of hydrogen-bond acceptors (Lipinski definition) is 2. The number of rotatable bonds is 4. The van der Waals surface area contributed by atoms with E-state index in [9.17, 15) is 4.79 Å².